The average Bonchev–Trinajstić information content (AvgIpc) is 3.11. The first-order valence-electron chi connectivity index (χ1n) is 9.34. The highest BCUT2D eigenvalue weighted by molar-refractivity contribution is 7.92. The molecular weight excluding hydrogens is 396 g/mol. The molecule has 1 aromatic carbocycles. The van der Waals surface area contributed by atoms with E-state index in [0.717, 1.165) is 29.6 Å². The van der Waals surface area contributed by atoms with Crippen molar-refractivity contribution in [2.45, 2.75) is 49.7 Å². The van der Waals surface area contributed by atoms with Crippen molar-refractivity contribution >= 4 is 21.2 Å². The van der Waals surface area contributed by atoms with Crippen LogP contribution in [0.2, 0.25) is 0 Å². The third kappa shape index (κ3) is 7.29. The third-order valence-corrected chi connectivity index (χ3v) is 7.39. The van der Waals surface area contributed by atoms with Crippen LogP contribution in [0, 0.1) is 5.92 Å². The van der Waals surface area contributed by atoms with Crippen LogP contribution >= 0.6 is 11.3 Å². The van der Waals surface area contributed by atoms with Gasteiger partial charge in [-0.1, -0.05) is 44.2 Å². The minimum absolute atomic E-state index is 0.0695. The fraction of sp³-hybridized carbons (Fsp3) is 0.524. The Labute approximate surface area is 172 Å². The SMILES string of the molecule is CC(C)C[C@@H](COCC(C)(O)c1ccc(S(C)(=O)=O)s1)OCc1ccccc1. The van der Waals surface area contributed by atoms with Gasteiger partial charge in [0.05, 0.1) is 25.9 Å². The Morgan fingerprint density at radius 1 is 1.14 bits per heavy atom. The predicted octanol–water partition coefficient (Wildman–Crippen LogP) is 4.01. The lowest BCUT2D eigenvalue weighted by Crippen LogP contribution is -2.30. The lowest BCUT2D eigenvalue weighted by Gasteiger charge is -2.25. The Hall–Kier alpha value is -1.25. The topological polar surface area (TPSA) is 72.8 Å². The average molecular weight is 427 g/mol. The van der Waals surface area contributed by atoms with E-state index in [9.17, 15) is 13.5 Å². The summed E-state index contributed by atoms with van der Waals surface area (Å²) in [5, 5.41) is 10.7. The van der Waals surface area contributed by atoms with Crippen LogP contribution < -0.4 is 0 Å². The molecule has 0 saturated heterocycles. The van der Waals surface area contributed by atoms with E-state index in [0.29, 0.717) is 24.0 Å². The van der Waals surface area contributed by atoms with E-state index in [4.69, 9.17) is 9.47 Å². The highest BCUT2D eigenvalue weighted by Crippen LogP contribution is 2.31. The molecule has 0 aliphatic heterocycles. The highest BCUT2D eigenvalue weighted by atomic mass is 32.2. The Balaban J connectivity index is 1.91. The van der Waals surface area contributed by atoms with E-state index in [2.05, 4.69) is 13.8 Å². The van der Waals surface area contributed by atoms with Crippen molar-refractivity contribution in [3.63, 3.8) is 0 Å². The summed E-state index contributed by atoms with van der Waals surface area (Å²) in [6.07, 6.45) is 1.94. The first-order valence-corrected chi connectivity index (χ1v) is 12.0. The molecule has 1 heterocycles. The normalized spacial score (nSPS) is 15.5. The summed E-state index contributed by atoms with van der Waals surface area (Å²) in [7, 11) is -3.28. The molecule has 0 radical (unpaired) electrons. The standard InChI is InChI=1S/C21H30O5S2/c1-16(2)12-18(26-13-17-8-6-5-7-9-17)14-25-15-21(3,22)19-10-11-20(27-19)28(4,23)24/h5-11,16,18,22H,12-15H2,1-4H3/t18-,21?/m0/s1. The molecule has 0 saturated carbocycles. The largest absolute Gasteiger partial charge is 0.382 e. The molecule has 1 N–H and O–H groups in total. The van der Waals surface area contributed by atoms with E-state index in [1.54, 1.807) is 13.0 Å². The number of thiophene rings is 1. The summed E-state index contributed by atoms with van der Waals surface area (Å²) in [6, 6.07) is 13.1. The monoisotopic (exact) mass is 426 g/mol. The van der Waals surface area contributed by atoms with Crippen LogP contribution in [0.5, 0.6) is 0 Å². The molecule has 28 heavy (non-hydrogen) atoms. The predicted molar refractivity (Wildman–Crippen MR) is 112 cm³/mol. The van der Waals surface area contributed by atoms with Gasteiger partial charge in [0.1, 0.15) is 9.81 Å². The number of hydrogen-bond donors (Lipinski definition) is 1. The highest BCUT2D eigenvalue weighted by Gasteiger charge is 2.27. The number of sulfone groups is 1. The molecular formula is C21H30O5S2. The van der Waals surface area contributed by atoms with E-state index in [1.807, 2.05) is 30.3 Å². The van der Waals surface area contributed by atoms with Crippen LogP contribution in [0.4, 0.5) is 0 Å². The molecule has 7 heteroatoms. The van der Waals surface area contributed by atoms with Crippen LogP contribution in [-0.2, 0) is 31.5 Å². The molecule has 0 spiro atoms. The van der Waals surface area contributed by atoms with Gasteiger partial charge in [0.15, 0.2) is 9.84 Å². The zero-order valence-corrected chi connectivity index (χ0v) is 18.6. The quantitative estimate of drug-likeness (QED) is 0.588. The van der Waals surface area contributed by atoms with Crippen molar-refractivity contribution in [2.75, 3.05) is 19.5 Å². The Bertz CT molecular complexity index is 825. The lowest BCUT2D eigenvalue weighted by atomic mass is 10.1. The number of ether oxygens (including phenoxy) is 2. The molecule has 1 aromatic heterocycles. The van der Waals surface area contributed by atoms with Gasteiger partial charge in [0.2, 0.25) is 0 Å². The van der Waals surface area contributed by atoms with Gasteiger partial charge in [0, 0.05) is 11.1 Å². The summed E-state index contributed by atoms with van der Waals surface area (Å²) in [5.41, 5.74) is -0.148. The molecule has 5 nitrogen and oxygen atoms in total. The molecule has 2 atom stereocenters. The zero-order valence-electron chi connectivity index (χ0n) is 16.9. The zero-order chi connectivity index (χ0) is 20.8. The van der Waals surface area contributed by atoms with Gasteiger partial charge >= 0.3 is 0 Å². The number of hydrogen-bond acceptors (Lipinski definition) is 6. The second-order valence-corrected chi connectivity index (χ2v) is 11.1. The molecule has 0 aliphatic carbocycles. The van der Waals surface area contributed by atoms with E-state index >= 15 is 0 Å². The van der Waals surface area contributed by atoms with Crippen molar-refractivity contribution < 1.29 is 23.0 Å². The maximum absolute atomic E-state index is 11.6. The van der Waals surface area contributed by atoms with Gasteiger partial charge in [-0.3, -0.25) is 0 Å². The van der Waals surface area contributed by atoms with Gasteiger partial charge in [-0.15, -0.1) is 11.3 Å². The van der Waals surface area contributed by atoms with Crippen LogP contribution in [0.3, 0.4) is 0 Å². The summed E-state index contributed by atoms with van der Waals surface area (Å²) in [4.78, 5) is 0.568. The summed E-state index contributed by atoms with van der Waals surface area (Å²) in [5.74, 6) is 0.458. The first-order chi connectivity index (χ1) is 13.1. The number of aliphatic hydroxyl groups is 1. The Morgan fingerprint density at radius 2 is 1.82 bits per heavy atom. The number of benzene rings is 1. The van der Waals surface area contributed by atoms with Crippen LogP contribution in [0.25, 0.3) is 0 Å². The van der Waals surface area contributed by atoms with Crippen molar-refractivity contribution in [2.24, 2.45) is 5.92 Å². The molecule has 0 bridgehead atoms. The molecule has 1 unspecified atom stereocenters. The maximum Gasteiger partial charge on any atom is 0.184 e. The Morgan fingerprint density at radius 3 is 2.39 bits per heavy atom. The smallest absolute Gasteiger partial charge is 0.184 e. The van der Waals surface area contributed by atoms with Crippen LogP contribution in [0.1, 0.15) is 37.6 Å². The van der Waals surface area contributed by atoms with Crippen molar-refractivity contribution in [1.29, 1.82) is 0 Å². The molecule has 0 aliphatic rings. The fourth-order valence-electron chi connectivity index (χ4n) is 2.77. The number of rotatable bonds is 11. The van der Waals surface area contributed by atoms with E-state index in [1.165, 1.54) is 6.07 Å². The van der Waals surface area contributed by atoms with Gasteiger partial charge in [0.25, 0.3) is 0 Å². The molecule has 2 rings (SSSR count). The molecule has 0 amide bonds. The van der Waals surface area contributed by atoms with Crippen LogP contribution in [0.15, 0.2) is 46.7 Å². The minimum atomic E-state index is -3.28. The summed E-state index contributed by atoms with van der Waals surface area (Å²) < 4.78 is 35.3. The van der Waals surface area contributed by atoms with E-state index < -0.39 is 15.4 Å². The molecule has 0 fully saturated rings. The van der Waals surface area contributed by atoms with Crippen molar-refractivity contribution in [3.8, 4) is 0 Å². The van der Waals surface area contributed by atoms with Crippen LogP contribution in [-0.4, -0.2) is 39.1 Å². The fourth-order valence-corrected chi connectivity index (χ4v) is 4.73. The van der Waals surface area contributed by atoms with Gasteiger partial charge in [-0.25, -0.2) is 8.42 Å². The van der Waals surface area contributed by atoms with Gasteiger partial charge < -0.3 is 14.6 Å². The van der Waals surface area contributed by atoms with Crippen molar-refractivity contribution in [1.82, 2.24) is 0 Å². The molecule has 2 aromatic rings. The second-order valence-electron chi connectivity index (χ2n) is 7.73. The Kier molecular flexibility index (Phi) is 8.21. The summed E-state index contributed by atoms with van der Waals surface area (Å²) in [6.45, 7) is 6.85. The van der Waals surface area contributed by atoms with E-state index in [-0.39, 0.29) is 16.9 Å². The molecule has 156 valence electrons. The summed E-state index contributed by atoms with van der Waals surface area (Å²) >= 11 is 1.07. The third-order valence-electron chi connectivity index (χ3n) is 4.23. The maximum atomic E-state index is 11.6. The van der Waals surface area contributed by atoms with Gasteiger partial charge in [-0.05, 0) is 37.0 Å². The second kappa shape index (κ2) is 9.98. The van der Waals surface area contributed by atoms with Crippen molar-refractivity contribution in [3.05, 3.63) is 52.9 Å². The minimum Gasteiger partial charge on any atom is -0.382 e. The lowest BCUT2D eigenvalue weighted by molar-refractivity contribution is -0.0802. The van der Waals surface area contributed by atoms with Gasteiger partial charge in [-0.2, -0.15) is 0 Å². The first kappa shape index (κ1) is 23.0.